The number of aliphatic hydroxyl groups excluding tert-OH is 1. The molecule has 3 nitrogen and oxygen atoms in total. The first-order chi connectivity index (χ1) is 8.02. The molecule has 2 rings (SSSR count). The highest BCUT2D eigenvalue weighted by Gasteiger charge is 2.14. The molecule has 4 heteroatoms. The van der Waals surface area contributed by atoms with Gasteiger partial charge in [0.05, 0.1) is 10.5 Å². The molecule has 0 amide bonds. The molecular formula is C13H16ClNO2. The predicted molar refractivity (Wildman–Crippen MR) is 69.2 cm³/mol. The number of para-hydroxylation sites is 1. The van der Waals surface area contributed by atoms with Crippen molar-refractivity contribution in [1.82, 2.24) is 4.57 Å². The number of aromatic nitrogens is 1. The third-order valence-corrected chi connectivity index (χ3v) is 3.54. The molecule has 0 unspecified atom stereocenters. The fourth-order valence-corrected chi connectivity index (χ4v) is 2.56. The fraction of sp³-hybridized carbons (Fsp3) is 0.385. The van der Waals surface area contributed by atoms with Crippen molar-refractivity contribution in [2.75, 3.05) is 0 Å². The number of fused-ring (bicyclic) bond motifs is 1. The molecule has 0 radical (unpaired) electrons. The highest BCUT2D eigenvalue weighted by atomic mass is 35.5. The second kappa shape index (κ2) is 4.69. The van der Waals surface area contributed by atoms with E-state index in [0.29, 0.717) is 12.8 Å². The molecule has 1 aromatic heterocycles. The summed E-state index contributed by atoms with van der Waals surface area (Å²) < 4.78 is 2.05. The summed E-state index contributed by atoms with van der Waals surface area (Å²) in [7, 11) is 1.97. The van der Waals surface area contributed by atoms with Crippen molar-refractivity contribution < 1.29 is 10.2 Å². The van der Waals surface area contributed by atoms with E-state index in [1.54, 1.807) is 0 Å². The molecule has 1 aromatic carbocycles. The lowest BCUT2D eigenvalue weighted by molar-refractivity contribution is -0.0446. The van der Waals surface area contributed by atoms with E-state index in [9.17, 15) is 0 Å². The third-order valence-electron chi connectivity index (χ3n) is 3.24. The van der Waals surface area contributed by atoms with E-state index in [1.165, 1.54) is 0 Å². The minimum Gasteiger partial charge on any atom is -0.368 e. The molecule has 0 atom stereocenters. The zero-order valence-corrected chi connectivity index (χ0v) is 10.7. The van der Waals surface area contributed by atoms with Crippen LogP contribution in [0.5, 0.6) is 0 Å². The van der Waals surface area contributed by atoms with Crippen LogP contribution in [0.3, 0.4) is 0 Å². The van der Waals surface area contributed by atoms with E-state index < -0.39 is 6.29 Å². The van der Waals surface area contributed by atoms with Gasteiger partial charge >= 0.3 is 0 Å². The number of nitrogens with zero attached hydrogens (tertiary/aromatic N) is 1. The van der Waals surface area contributed by atoms with Crippen LogP contribution >= 0.6 is 11.6 Å². The van der Waals surface area contributed by atoms with Gasteiger partial charge in [0.1, 0.15) is 0 Å². The van der Waals surface area contributed by atoms with Crippen molar-refractivity contribution in [2.24, 2.45) is 7.05 Å². The van der Waals surface area contributed by atoms with Crippen molar-refractivity contribution in [3.05, 3.63) is 34.5 Å². The maximum Gasteiger partial charge on any atom is 0.151 e. The number of hydrogen-bond acceptors (Lipinski definition) is 2. The molecule has 1 heterocycles. The Balaban J connectivity index is 2.55. The lowest BCUT2D eigenvalue weighted by atomic mass is 10.1. The number of rotatable bonds is 3. The molecule has 92 valence electrons. The maximum absolute atomic E-state index is 8.96. The molecule has 0 spiro atoms. The van der Waals surface area contributed by atoms with Crippen LogP contribution in [0.1, 0.15) is 17.7 Å². The number of halogens is 1. The second-order valence-electron chi connectivity index (χ2n) is 4.28. The van der Waals surface area contributed by atoms with Crippen molar-refractivity contribution in [3.8, 4) is 0 Å². The molecule has 17 heavy (non-hydrogen) atoms. The Hall–Kier alpha value is -1.03. The quantitative estimate of drug-likeness (QED) is 0.825. The van der Waals surface area contributed by atoms with E-state index in [1.807, 2.05) is 32.2 Å². The average Bonchev–Trinajstić information content (AvgIpc) is 2.51. The van der Waals surface area contributed by atoms with Gasteiger partial charge in [-0.3, -0.25) is 0 Å². The summed E-state index contributed by atoms with van der Waals surface area (Å²) >= 11 is 6.19. The predicted octanol–water partition coefficient (Wildman–Crippen LogP) is 2.38. The molecule has 0 aliphatic heterocycles. The molecule has 0 aliphatic carbocycles. The molecule has 0 saturated carbocycles. The van der Waals surface area contributed by atoms with Gasteiger partial charge in [0.2, 0.25) is 0 Å². The molecule has 0 fully saturated rings. The van der Waals surface area contributed by atoms with Crippen LogP contribution in [0.4, 0.5) is 0 Å². The monoisotopic (exact) mass is 253 g/mol. The van der Waals surface area contributed by atoms with Crippen molar-refractivity contribution in [3.63, 3.8) is 0 Å². The number of benzene rings is 1. The highest BCUT2D eigenvalue weighted by molar-refractivity contribution is 6.35. The average molecular weight is 254 g/mol. The Morgan fingerprint density at radius 1 is 1.35 bits per heavy atom. The zero-order valence-electron chi connectivity index (χ0n) is 9.94. The SMILES string of the molecule is Cc1c(CCC(O)O)c2cccc(Cl)c2n1C. The van der Waals surface area contributed by atoms with Gasteiger partial charge in [-0.1, -0.05) is 23.7 Å². The third kappa shape index (κ3) is 2.18. The van der Waals surface area contributed by atoms with Crippen LogP contribution in [0.2, 0.25) is 5.02 Å². The van der Waals surface area contributed by atoms with Crippen LogP contribution in [0, 0.1) is 6.92 Å². The maximum atomic E-state index is 8.96. The van der Waals surface area contributed by atoms with Crippen molar-refractivity contribution >= 4 is 22.5 Å². The Morgan fingerprint density at radius 2 is 2.06 bits per heavy atom. The van der Waals surface area contributed by atoms with Gasteiger partial charge in [-0.15, -0.1) is 0 Å². The number of aryl methyl sites for hydroxylation is 2. The first-order valence-electron chi connectivity index (χ1n) is 5.61. The van der Waals surface area contributed by atoms with E-state index >= 15 is 0 Å². The van der Waals surface area contributed by atoms with E-state index in [0.717, 1.165) is 27.2 Å². The molecule has 0 aliphatic rings. The van der Waals surface area contributed by atoms with Crippen LogP contribution in [0.15, 0.2) is 18.2 Å². The van der Waals surface area contributed by atoms with Crippen LogP contribution in [0.25, 0.3) is 10.9 Å². The first-order valence-corrected chi connectivity index (χ1v) is 5.98. The van der Waals surface area contributed by atoms with Gasteiger partial charge in [0.25, 0.3) is 0 Å². The summed E-state index contributed by atoms with van der Waals surface area (Å²) in [6.45, 7) is 2.02. The number of aliphatic hydroxyl groups is 2. The molecular weight excluding hydrogens is 238 g/mol. The minimum atomic E-state index is -1.26. The Kier molecular flexibility index (Phi) is 3.43. The topological polar surface area (TPSA) is 45.4 Å². The summed E-state index contributed by atoms with van der Waals surface area (Å²) in [5, 5.41) is 19.7. The Morgan fingerprint density at radius 3 is 2.71 bits per heavy atom. The largest absolute Gasteiger partial charge is 0.368 e. The second-order valence-corrected chi connectivity index (χ2v) is 4.69. The fourth-order valence-electron chi connectivity index (χ4n) is 2.25. The highest BCUT2D eigenvalue weighted by Crippen LogP contribution is 2.31. The standard InChI is InChI=1S/C13H16ClNO2/c1-8-9(6-7-12(16)17)10-4-3-5-11(14)13(10)15(8)2/h3-5,12,16-17H,6-7H2,1-2H3. The lowest BCUT2D eigenvalue weighted by Gasteiger charge is -2.04. The normalized spacial score (nSPS) is 11.6. The van der Waals surface area contributed by atoms with Crippen LogP contribution in [-0.4, -0.2) is 21.1 Å². The van der Waals surface area contributed by atoms with Gasteiger partial charge in [-0.2, -0.15) is 0 Å². The molecule has 2 N–H and O–H groups in total. The van der Waals surface area contributed by atoms with Crippen molar-refractivity contribution in [2.45, 2.75) is 26.1 Å². The lowest BCUT2D eigenvalue weighted by Crippen LogP contribution is -2.06. The van der Waals surface area contributed by atoms with E-state index in [4.69, 9.17) is 21.8 Å². The minimum absolute atomic E-state index is 0.340. The van der Waals surface area contributed by atoms with Crippen LogP contribution in [-0.2, 0) is 13.5 Å². The van der Waals surface area contributed by atoms with Gasteiger partial charge in [-0.05, 0) is 25.0 Å². The van der Waals surface area contributed by atoms with Gasteiger partial charge in [0.15, 0.2) is 6.29 Å². The molecule has 0 bridgehead atoms. The van der Waals surface area contributed by atoms with Crippen molar-refractivity contribution in [1.29, 1.82) is 0 Å². The van der Waals surface area contributed by atoms with E-state index in [2.05, 4.69) is 4.57 Å². The van der Waals surface area contributed by atoms with Gasteiger partial charge < -0.3 is 14.8 Å². The summed E-state index contributed by atoms with van der Waals surface area (Å²) in [6, 6.07) is 5.81. The molecule has 2 aromatic rings. The Labute approximate surface area is 105 Å². The smallest absolute Gasteiger partial charge is 0.151 e. The summed E-state index contributed by atoms with van der Waals surface area (Å²) in [5.41, 5.74) is 3.26. The van der Waals surface area contributed by atoms with E-state index in [-0.39, 0.29) is 0 Å². The zero-order chi connectivity index (χ0) is 12.6. The summed E-state index contributed by atoms with van der Waals surface area (Å²) in [5.74, 6) is 0. The number of hydrogen-bond donors (Lipinski definition) is 2. The van der Waals surface area contributed by atoms with Gasteiger partial charge in [0, 0.05) is 24.5 Å². The summed E-state index contributed by atoms with van der Waals surface area (Å²) in [6.07, 6.45) is -0.281. The molecule has 0 saturated heterocycles. The summed E-state index contributed by atoms with van der Waals surface area (Å²) in [4.78, 5) is 0. The van der Waals surface area contributed by atoms with Gasteiger partial charge in [-0.25, -0.2) is 0 Å². The van der Waals surface area contributed by atoms with Crippen LogP contribution < -0.4 is 0 Å². The first kappa shape index (κ1) is 12.4. The Bertz CT molecular complexity index is 546.